The maximum absolute atomic E-state index is 11.7. The van der Waals surface area contributed by atoms with Crippen molar-refractivity contribution in [2.75, 3.05) is 25.6 Å². The highest BCUT2D eigenvalue weighted by Crippen LogP contribution is 2.16. The number of carbonyl (C=O) groups excluding carboxylic acids is 1. The molecule has 0 fully saturated rings. The molecule has 20 heavy (non-hydrogen) atoms. The summed E-state index contributed by atoms with van der Waals surface area (Å²) in [5.41, 5.74) is 1.46. The lowest BCUT2D eigenvalue weighted by Gasteiger charge is -2.10. The quantitative estimate of drug-likeness (QED) is 0.641. The number of methoxy groups -OCH3 is 1. The smallest absolute Gasteiger partial charge is 0.319 e. The molecule has 112 valence electrons. The van der Waals surface area contributed by atoms with Crippen molar-refractivity contribution in [3.8, 4) is 0 Å². The van der Waals surface area contributed by atoms with Gasteiger partial charge in [-0.25, -0.2) is 4.79 Å². The number of ether oxygens (including phenoxy) is 1. The van der Waals surface area contributed by atoms with E-state index in [1.54, 1.807) is 26.2 Å². The molecule has 3 N–H and O–H groups in total. The van der Waals surface area contributed by atoms with Crippen LogP contribution in [-0.4, -0.2) is 31.4 Å². The third-order valence-corrected chi connectivity index (χ3v) is 2.94. The second kappa shape index (κ2) is 9.34. The first-order chi connectivity index (χ1) is 9.63. The van der Waals surface area contributed by atoms with Gasteiger partial charge in [-0.05, 0) is 43.9 Å². The van der Waals surface area contributed by atoms with Gasteiger partial charge in [-0.2, -0.15) is 0 Å². The van der Waals surface area contributed by atoms with Gasteiger partial charge in [0.1, 0.15) is 0 Å². The van der Waals surface area contributed by atoms with Crippen molar-refractivity contribution in [3.05, 3.63) is 29.8 Å². The molecule has 1 atom stereocenters. The van der Waals surface area contributed by atoms with Gasteiger partial charge in [0, 0.05) is 25.9 Å². The molecule has 1 aromatic rings. The van der Waals surface area contributed by atoms with Crippen LogP contribution in [-0.2, 0) is 4.74 Å². The van der Waals surface area contributed by atoms with E-state index in [4.69, 9.17) is 4.74 Å². The van der Waals surface area contributed by atoms with Gasteiger partial charge in [0.05, 0.1) is 6.10 Å². The second-order valence-electron chi connectivity index (χ2n) is 4.74. The molecular formula is C15H24N2O3. The van der Waals surface area contributed by atoms with Crippen LogP contribution in [0.4, 0.5) is 10.5 Å². The zero-order chi connectivity index (χ0) is 14.8. The summed E-state index contributed by atoms with van der Waals surface area (Å²) in [6.07, 6.45) is 2.44. The number of rotatable bonds is 8. The number of aliphatic hydroxyl groups excluding tert-OH is 1. The van der Waals surface area contributed by atoms with E-state index in [2.05, 4.69) is 10.6 Å². The Bertz CT molecular complexity index is 408. The molecule has 0 aromatic heterocycles. The van der Waals surface area contributed by atoms with Crippen molar-refractivity contribution in [1.82, 2.24) is 5.32 Å². The summed E-state index contributed by atoms with van der Waals surface area (Å²) in [7, 11) is 1.69. The Balaban J connectivity index is 2.26. The number of carbonyl (C=O) groups is 1. The van der Waals surface area contributed by atoms with Crippen LogP contribution in [0.2, 0.25) is 0 Å². The summed E-state index contributed by atoms with van der Waals surface area (Å²) >= 11 is 0. The normalized spacial score (nSPS) is 11.9. The molecule has 1 rings (SSSR count). The fourth-order valence-electron chi connectivity index (χ4n) is 1.80. The standard InChI is InChI=1S/C15H24N2O3/c1-12(18)13-7-6-8-14(11-13)17-15(19)16-9-4-3-5-10-20-2/h6-8,11-12,18H,3-5,9-10H2,1-2H3,(H2,16,17,19). The summed E-state index contributed by atoms with van der Waals surface area (Å²) in [5.74, 6) is 0. The van der Waals surface area contributed by atoms with E-state index in [0.717, 1.165) is 31.4 Å². The highest BCUT2D eigenvalue weighted by molar-refractivity contribution is 5.89. The fourth-order valence-corrected chi connectivity index (χ4v) is 1.80. The summed E-state index contributed by atoms with van der Waals surface area (Å²) in [6.45, 7) is 3.10. The van der Waals surface area contributed by atoms with E-state index in [0.29, 0.717) is 12.2 Å². The number of unbranched alkanes of at least 4 members (excludes halogenated alkanes) is 2. The monoisotopic (exact) mass is 280 g/mol. The summed E-state index contributed by atoms with van der Waals surface area (Å²) in [4.78, 5) is 11.7. The Labute approximate surface area is 120 Å². The Morgan fingerprint density at radius 2 is 2.15 bits per heavy atom. The van der Waals surface area contributed by atoms with Crippen molar-refractivity contribution in [2.45, 2.75) is 32.3 Å². The first-order valence-corrected chi connectivity index (χ1v) is 6.95. The van der Waals surface area contributed by atoms with Crippen LogP contribution >= 0.6 is 0 Å². The average molecular weight is 280 g/mol. The van der Waals surface area contributed by atoms with E-state index in [1.807, 2.05) is 12.1 Å². The molecule has 0 bridgehead atoms. The number of amides is 2. The van der Waals surface area contributed by atoms with Gasteiger partial charge in [0.2, 0.25) is 0 Å². The number of nitrogens with one attached hydrogen (secondary N) is 2. The van der Waals surface area contributed by atoms with Crippen molar-refractivity contribution < 1.29 is 14.6 Å². The molecular weight excluding hydrogens is 256 g/mol. The van der Waals surface area contributed by atoms with E-state index >= 15 is 0 Å². The van der Waals surface area contributed by atoms with Crippen LogP contribution in [0.15, 0.2) is 24.3 Å². The maximum atomic E-state index is 11.7. The molecule has 0 heterocycles. The number of urea groups is 1. The molecule has 1 unspecified atom stereocenters. The van der Waals surface area contributed by atoms with Gasteiger partial charge in [-0.3, -0.25) is 0 Å². The zero-order valence-electron chi connectivity index (χ0n) is 12.2. The van der Waals surface area contributed by atoms with Gasteiger partial charge in [0.15, 0.2) is 0 Å². The lowest BCUT2D eigenvalue weighted by Crippen LogP contribution is -2.29. The number of anilines is 1. The summed E-state index contributed by atoms with van der Waals surface area (Å²) in [5, 5.41) is 15.0. The highest BCUT2D eigenvalue weighted by Gasteiger charge is 2.04. The van der Waals surface area contributed by atoms with Crippen molar-refractivity contribution >= 4 is 11.7 Å². The van der Waals surface area contributed by atoms with Crippen LogP contribution in [0, 0.1) is 0 Å². The predicted octanol–water partition coefficient (Wildman–Crippen LogP) is 2.68. The molecule has 0 aliphatic rings. The SMILES string of the molecule is COCCCCCNC(=O)Nc1cccc(C(C)O)c1. The summed E-state index contributed by atoms with van der Waals surface area (Å²) < 4.78 is 4.96. The van der Waals surface area contributed by atoms with Gasteiger partial charge in [-0.1, -0.05) is 12.1 Å². The molecule has 0 aliphatic carbocycles. The van der Waals surface area contributed by atoms with Gasteiger partial charge < -0.3 is 20.5 Å². The first-order valence-electron chi connectivity index (χ1n) is 6.95. The number of aliphatic hydroxyl groups is 1. The molecule has 1 aromatic carbocycles. The van der Waals surface area contributed by atoms with E-state index < -0.39 is 6.10 Å². The fraction of sp³-hybridized carbons (Fsp3) is 0.533. The van der Waals surface area contributed by atoms with E-state index in [9.17, 15) is 9.90 Å². The van der Waals surface area contributed by atoms with Crippen LogP contribution in [0.3, 0.4) is 0 Å². The minimum Gasteiger partial charge on any atom is -0.389 e. The molecule has 5 heteroatoms. The van der Waals surface area contributed by atoms with Gasteiger partial charge in [-0.15, -0.1) is 0 Å². The Hall–Kier alpha value is -1.59. The minimum atomic E-state index is -0.541. The van der Waals surface area contributed by atoms with Crippen LogP contribution in [0.5, 0.6) is 0 Å². The maximum Gasteiger partial charge on any atom is 0.319 e. The average Bonchev–Trinajstić information content (AvgIpc) is 2.43. The van der Waals surface area contributed by atoms with Gasteiger partial charge >= 0.3 is 6.03 Å². The van der Waals surface area contributed by atoms with Crippen LogP contribution < -0.4 is 10.6 Å². The number of hydrogen-bond acceptors (Lipinski definition) is 3. The minimum absolute atomic E-state index is 0.223. The molecule has 5 nitrogen and oxygen atoms in total. The van der Waals surface area contributed by atoms with Crippen LogP contribution in [0.25, 0.3) is 0 Å². The van der Waals surface area contributed by atoms with E-state index in [1.165, 1.54) is 0 Å². The lowest BCUT2D eigenvalue weighted by atomic mass is 10.1. The molecule has 0 radical (unpaired) electrons. The van der Waals surface area contributed by atoms with Crippen LogP contribution in [0.1, 0.15) is 37.9 Å². The largest absolute Gasteiger partial charge is 0.389 e. The van der Waals surface area contributed by atoms with Gasteiger partial charge in [0.25, 0.3) is 0 Å². The third kappa shape index (κ3) is 6.54. The topological polar surface area (TPSA) is 70.6 Å². The van der Waals surface area contributed by atoms with Crippen molar-refractivity contribution in [2.24, 2.45) is 0 Å². The Kier molecular flexibility index (Phi) is 7.69. The number of hydrogen-bond donors (Lipinski definition) is 3. The Morgan fingerprint density at radius 1 is 1.35 bits per heavy atom. The summed E-state index contributed by atoms with van der Waals surface area (Å²) in [6, 6.07) is 6.97. The second-order valence-corrected chi connectivity index (χ2v) is 4.74. The van der Waals surface area contributed by atoms with Crippen molar-refractivity contribution in [1.29, 1.82) is 0 Å². The third-order valence-electron chi connectivity index (χ3n) is 2.94. The molecule has 0 saturated carbocycles. The first kappa shape index (κ1) is 16.5. The molecule has 0 aliphatic heterocycles. The Morgan fingerprint density at radius 3 is 2.85 bits per heavy atom. The highest BCUT2D eigenvalue weighted by atomic mass is 16.5. The lowest BCUT2D eigenvalue weighted by molar-refractivity contribution is 0.192. The molecule has 0 saturated heterocycles. The van der Waals surface area contributed by atoms with Crippen molar-refractivity contribution in [3.63, 3.8) is 0 Å². The molecule has 0 spiro atoms. The molecule has 2 amide bonds. The predicted molar refractivity (Wildman–Crippen MR) is 79.8 cm³/mol. The zero-order valence-corrected chi connectivity index (χ0v) is 12.2. The van der Waals surface area contributed by atoms with E-state index in [-0.39, 0.29) is 6.03 Å². The number of benzene rings is 1.